The maximum atomic E-state index is 13.9. The van der Waals surface area contributed by atoms with E-state index in [4.69, 9.17) is 4.42 Å². The van der Waals surface area contributed by atoms with E-state index in [1.165, 1.54) is 32.1 Å². The van der Waals surface area contributed by atoms with Gasteiger partial charge < -0.3 is 19.2 Å². The standard InChI is InChI=1S/C25H35N3O3/c1-17-14-20-22(31-17)15-21-23(29)28(19-12-8-3-4-9-13-19)25(2,16-27(20)21)24(30)26-18-10-6-5-7-11-18/h14-15,18-19H,3-13,16H2,1-2H3,(H,26,30). The molecule has 0 spiro atoms. The summed E-state index contributed by atoms with van der Waals surface area (Å²) in [6.07, 6.45) is 12.3. The largest absolute Gasteiger partial charge is 0.460 e. The molecule has 2 aromatic heterocycles. The summed E-state index contributed by atoms with van der Waals surface area (Å²) in [7, 11) is 0. The van der Waals surface area contributed by atoms with Gasteiger partial charge in [-0.15, -0.1) is 0 Å². The van der Waals surface area contributed by atoms with Crippen molar-refractivity contribution < 1.29 is 14.0 Å². The van der Waals surface area contributed by atoms with Crippen LogP contribution in [0.25, 0.3) is 11.1 Å². The predicted molar refractivity (Wildman–Crippen MR) is 120 cm³/mol. The highest BCUT2D eigenvalue weighted by molar-refractivity contribution is 6.03. The van der Waals surface area contributed by atoms with Gasteiger partial charge in [0.05, 0.1) is 12.1 Å². The second kappa shape index (κ2) is 8.03. The van der Waals surface area contributed by atoms with Gasteiger partial charge in [-0.2, -0.15) is 0 Å². The SMILES string of the molecule is Cc1cc2c(cc3n2CC(C)(C(=O)NC2CCCCC2)N(C2CCCCCC2)C3=O)o1. The number of rotatable bonds is 3. The second-order valence-electron chi connectivity index (χ2n) is 10.1. The molecular formula is C25H35N3O3. The molecule has 2 fully saturated rings. The fourth-order valence-electron chi connectivity index (χ4n) is 6.10. The van der Waals surface area contributed by atoms with Crippen molar-refractivity contribution in [3.05, 3.63) is 23.6 Å². The molecule has 2 aliphatic carbocycles. The summed E-state index contributed by atoms with van der Waals surface area (Å²) in [5.74, 6) is 0.806. The fourth-order valence-corrected chi connectivity index (χ4v) is 6.10. The zero-order chi connectivity index (χ0) is 21.6. The van der Waals surface area contributed by atoms with Gasteiger partial charge in [0.25, 0.3) is 5.91 Å². The number of carbonyl (C=O) groups is 2. The Morgan fingerprint density at radius 1 is 1.03 bits per heavy atom. The van der Waals surface area contributed by atoms with Crippen molar-refractivity contribution >= 4 is 22.9 Å². The molecule has 31 heavy (non-hydrogen) atoms. The van der Waals surface area contributed by atoms with E-state index in [-0.39, 0.29) is 23.9 Å². The third kappa shape index (κ3) is 3.58. The summed E-state index contributed by atoms with van der Waals surface area (Å²) >= 11 is 0. The average Bonchev–Trinajstić information content (AvgIpc) is 3.13. The Kier molecular flexibility index (Phi) is 5.35. The first kappa shape index (κ1) is 20.7. The Morgan fingerprint density at radius 3 is 2.39 bits per heavy atom. The van der Waals surface area contributed by atoms with E-state index in [1.54, 1.807) is 0 Å². The van der Waals surface area contributed by atoms with Gasteiger partial charge in [0.1, 0.15) is 17.0 Å². The summed E-state index contributed by atoms with van der Waals surface area (Å²) in [5, 5.41) is 3.34. The molecule has 2 saturated carbocycles. The van der Waals surface area contributed by atoms with Crippen LogP contribution in [0.2, 0.25) is 0 Å². The first-order valence-electron chi connectivity index (χ1n) is 12.2. The number of aryl methyl sites for hydroxylation is 1. The molecule has 3 heterocycles. The monoisotopic (exact) mass is 425 g/mol. The van der Waals surface area contributed by atoms with Gasteiger partial charge in [0.2, 0.25) is 5.91 Å². The van der Waals surface area contributed by atoms with Crippen molar-refractivity contribution in [3.8, 4) is 0 Å². The molecule has 0 saturated heterocycles. The molecular weight excluding hydrogens is 390 g/mol. The smallest absolute Gasteiger partial charge is 0.271 e. The lowest BCUT2D eigenvalue weighted by atomic mass is 9.89. The predicted octanol–water partition coefficient (Wildman–Crippen LogP) is 4.93. The van der Waals surface area contributed by atoms with Gasteiger partial charge in [-0.1, -0.05) is 44.9 Å². The fraction of sp³-hybridized carbons (Fsp3) is 0.680. The number of hydrogen-bond donors (Lipinski definition) is 1. The van der Waals surface area contributed by atoms with E-state index >= 15 is 0 Å². The normalized spacial score (nSPS) is 26.1. The van der Waals surface area contributed by atoms with Crippen LogP contribution in [0.5, 0.6) is 0 Å². The van der Waals surface area contributed by atoms with E-state index in [0.717, 1.165) is 55.4 Å². The average molecular weight is 426 g/mol. The molecule has 0 radical (unpaired) electrons. The third-order valence-corrected chi connectivity index (χ3v) is 7.77. The highest BCUT2D eigenvalue weighted by Crippen LogP contribution is 2.38. The minimum absolute atomic E-state index is 0.00436. The van der Waals surface area contributed by atoms with Crippen molar-refractivity contribution in [2.75, 3.05) is 0 Å². The Morgan fingerprint density at radius 2 is 1.68 bits per heavy atom. The molecule has 1 aliphatic heterocycles. The lowest BCUT2D eigenvalue weighted by Gasteiger charge is -2.48. The number of fused-ring (bicyclic) bond motifs is 3. The molecule has 0 aromatic carbocycles. The minimum Gasteiger partial charge on any atom is -0.460 e. The van der Waals surface area contributed by atoms with Crippen molar-refractivity contribution in [2.24, 2.45) is 0 Å². The van der Waals surface area contributed by atoms with E-state index in [9.17, 15) is 9.59 Å². The van der Waals surface area contributed by atoms with Gasteiger partial charge in [-0.25, -0.2) is 0 Å². The highest BCUT2D eigenvalue weighted by atomic mass is 16.3. The van der Waals surface area contributed by atoms with Crippen LogP contribution in [0.4, 0.5) is 0 Å². The Bertz CT molecular complexity index is 976. The van der Waals surface area contributed by atoms with Crippen LogP contribution < -0.4 is 5.32 Å². The third-order valence-electron chi connectivity index (χ3n) is 7.77. The van der Waals surface area contributed by atoms with Crippen LogP contribution in [0.1, 0.15) is 93.8 Å². The lowest BCUT2D eigenvalue weighted by molar-refractivity contribution is -0.135. The molecule has 2 aromatic rings. The molecule has 2 amide bonds. The minimum atomic E-state index is -0.895. The van der Waals surface area contributed by atoms with E-state index in [0.29, 0.717) is 12.2 Å². The van der Waals surface area contributed by atoms with Crippen LogP contribution in [0.15, 0.2) is 16.5 Å². The van der Waals surface area contributed by atoms with Crippen LogP contribution in [-0.2, 0) is 11.3 Å². The van der Waals surface area contributed by atoms with E-state index < -0.39 is 5.54 Å². The van der Waals surface area contributed by atoms with Crippen molar-refractivity contribution in [2.45, 2.75) is 109 Å². The number of hydrogen-bond acceptors (Lipinski definition) is 3. The van der Waals surface area contributed by atoms with Gasteiger partial charge in [0, 0.05) is 24.2 Å². The number of carbonyl (C=O) groups excluding carboxylic acids is 2. The van der Waals surface area contributed by atoms with Gasteiger partial charge in [-0.05, 0) is 39.5 Å². The molecule has 1 N–H and O–H groups in total. The molecule has 6 heteroatoms. The van der Waals surface area contributed by atoms with Gasteiger partial charge in [0.15, 0.2) is 5.58 Å². The second-order valence-corrected chi connectivity index (χ2v) is 10.1. The molecule has 0 bridgehead atoms. The van der Waals surface area contributed by atoms with Crippen molar-refractivity contribution in [3.63, 3.8) is 0 Å². The quantitative estimate of drug-likeness (QED) is 0.709. The maximum absolute atomic E-state index is 13.9. The molecule has 1 atom stereocenters. The number of aromatic nitrogens is 1. The Labute approximate surface area is 184 Å². The number of amides is 2. The Balaban J connectivity index is 1.54. The lowest BCUT2D eigenvalue weighted by Crippen LogP contribution is -2.67. The Hall–Kier alpha value is -2.24. The summed E-state index contributed by atoms with van der Waals surface area (Å²) in [6.45, 7) is 4.38. The number of nitrogens with zero attached hydrogens (tertiary/aromatic N) is 2. The maximum Gasteiger partial charge on any atom is 0.271 e. The zero-order valence-corrected chi connectivity index (χ0v) is 18.9. The van der Waals surface area contributed by atoms with Crippen LogP contribution >= 0.6 is 0 Å². The summed E-state index contributed by atoms with van der Waals surface area (Å²) in [6, 6.07) is 4.19. The van der Waals surface area contributed by atoms with Crippen LogP contribution in [0, 0.1) is 6.92 Å². The highest BCUT2D eigenvalue weighted by Gasteiger charge is 2.50. The van der Waals surface area contributed by atoms with E-state index in [1.807, 2.05) is 35.4 Å². The molecule has 1 unspecified atom stereocenters. The van der Waals surface area contributed by atoms with Crippen molar-refractivity contribution in [1.82, 2.24) is 14.8 Å². The zero-order valence-electron chi connectivity index (χ0n) is 18.9. The van der Waals surface area contributed by atoms with Crippen LogP contribution in [0.3, 0.4) is 0 Å². The molecule has 3 aliphatic rings. The number of furan rings is 1. The van der Waals surface area contributed by atoms with Gasteiger partial charge in [-0.3, -0.25) is 9.59 Å². The summed E-state index contributed by atoms with van der Waals surface area (Å²) in [4.78, 5) is 29.6. The van der Waals surface area contributed by atoms with Crippen LogP contribution in [-0.4, -0.2) is 38.9 Å². The summed E-state index contributed by atoms with van der Waals surface area (Å²) < 4.78 is 7.84. The first-order valence-corrected chi connectivity index (χ1v) is 12.2. The molecule has 168 valence electrons. The number of nitrogens with one attached hydrogen (secondary N) is 1. The topological polar surface area (TPSA) is 67.5 Å². The van der Waals surface area contributed by atoms with Crippen molar-refractivity contribution in [1.29, 1.82) is 0 Å². The van der Waals surface area contributed by atoms with E-state index in [2.05, 4.69) is 5.32 Å². The molecule has 6 nitrogen and oxygen atoms in total. The summed E-state index contributed by atoms with van der Waals surface area (Å²) in [5.41, 5.74) is 1.41. The van der Waals surface area contributed by atoms with Gasteiger partial charge >= 0.3 is 0 Å². The first-order chi connectivity index (χ1) is 15.0. The molecule has 5 rings (SSSR count).